The molecule has 16 heavy (non-hydrogen) atoms. The molecule has 0 aliphatic heterocycles. The fourth-order valence-corrected chi connectivity index (χ4v) is 1.28. The van der Waals surface area contributed by atoms with Gasteiger partial charge in [-0.3, -0.25) is 10.1 Å². The number of rotatable bonds is 4. The molecule has 5 nitrogen and oxygen atoms in total. The Kier molecular flexibility index (Phi) is 5.87. The lowest BCUT2D eigenvalue weighted by Crippen LogP contribution is -2.14. The van der Waals surface area contributed by atoms with Crippen molar-refractivity contribution in [3.8, 4) is 0 Å². The summed E-state index contributed by atoms with van der Waals surface area (Å²) in [6.45, 7) is -0.200. The summed E-state index contributed by atoms with van der Waals surface area (Å²) in [7, 11) is 0. The highest BCUT2D eigenvalue weighted by molar-refractivity contribution is 5.85. The van der Waals surface area contributed by atoms with Gasteiger partial charge in [0.15, 0.2) is 0 Å². The molecule has 1 atom stereocenters. The highest BCUT2D eigenvalue weighted by Gasteiger charge is 2.19. The summed E-state index contributed by atoms with van der Waals surface area (Å²) >= 11 is 0. The van der Waals surface area contributed by atoms with Crippen LogP contribution in [0.5, 0.6) is 0 Å². The monoisotopic (exact) mass is 250 g/mol. The van der Waals surface area contributed by atoms with Crippen molar-refractivity contribution in [1.29, 1.82) is 0 Å². The highest BCUT2D eigenvalue weighted by atomic mass is 35.5. The number of nitro groups is 1. The molecule has 0 aliphatic rings. The van der Waals surface area contributed by atoms with E-state index in [1.807, 2.05) is 0 Å². The van der Waals surface area contributed by atoms with Gasteiger partial charge in [-0.25, -0.2) is 4.39 Å². The molecule has 0 fully saturated rings. The van der Waals surface area contributed by atoms with Gasteiger partial charge in [0.2, 0.25) is 0 Å². The molecule has 0 saturated heterocycles. The van der Waals surface area contributed by atoms with Crippen LogP contribution >= 0.6 is 12.4 Å². The zero-order valence-electron chi connectivity index (χ0n) is 8.30. The standard InChI is InChI=1S/C9H11FN2O3.ClH/c10-6-1-2-9(12(14)15)7(5-6)8(11)3-4-13;/h1-2,5,8,13H,3-4,11H2;1H. The van der Waals surface area contributed by atoms with Crippen molar-refractivity contribution in [3.05, 3.63) is 39.7 Å². The van der Waals surface area contributed by atoms with Crippen LogP contribution in [0.2, 0.25) is 0 Å². The molecule has 0 saturated carbocycles. The van der Waals surface area contributed by atoms with Crippen molar-refractivity contribution < 1.29 is 14.4 Å². The predicted octanol–water partition coefficient (Wildman–Crippen LogP) is 1.54. The number of aliphatic hydroxyl groups excluding tert-OH is 1. The van der Waals surface area contributed by atoms with Crippen LogP contribution in [-0.4, -0.2) is 16.6 Å². The van der Waals surface area contributed by atoms with Crippen LogP contribution in [0, 0.1) is 15.9 Å². The van der Waals surface area contributed by atoms with E-state index in [4.69, 9.17) is 10.8 Å². The van der Waals surface area contributed by atoms with Crippen molar-refractivity contribution in [3.63, 3.8) is 0 Å². The van der Waals surface area contributed by atoms with Crippen LogP contribution in [0.25, 0.3) is 0 Å². The lowest BCUT2D eigenvalue weighted by Gasteiger charge is -2.10. The Morgan fingerprint density at radius 3 is 2.69 bits per heavy atom. The molecular formula is C9H12ClFN2O3. The number of nitrogens with two attached hydrogens (primary N) is 1. The summed E-state index contributed by atoms with van der Waals surface area (Å²) in [5.41, 5.74) is 5.46. The van der Waals surface area contributed by atoms with Gasteiger partial charge in [0.05, 0.1) is 4.92 Å². The molecular weight excluding hydrogens is 239 g/mol. The van der Waals surface area contributed by atoms with Crippen LogP contribution in [-0.2, 0) is 0 Å². The summed E-state index contributed by atoms with van der Waals surface area (Å²) in [5, 5.41) is 19.3. The summed E-state index contributed by atoms with van der Waals surface area (Å²) in [5.74, 6) is -0.580. The third kappa shape index (κ3) is 3.41. The van der Waals surface area contributed by atoms with E-state index in [1.54, 1.807) is 0 Å². The second-order valence-electron chi connectivity index (χ2n) is 3.08. The Hall–Kier alpha value is -1.24. The van der Waals surface area contributed by atoms with E-state index < -0.39 is 16.8 Å². The Morgan fingerprint density at radius 2 is 2.19 bits per heavy atom. The first-order chi connectivity index (χ1) is 7.06. The molecule has 0 spiro atoms. The summed E-state index contributed by atoms with van der Waals surface area (Å²) in [6.07, 6.45) is 0.157. The maximum atomic E-state index is 12.9. The van der Waals surface area contributed by atoms with Crippen molar-refractivity contribution >= 4 is 18.1 Å². The summed E-state index contributed by atoms with van der Waals surface area (Å²) in [6, 6.07) is 2.37. The molecule has 3 N–H and O–H groups in total. The molecule has 1 aromatic rings. The number of nitro benzene ring substituents is 1. The van der Waals surface area contributed by atoms with E-state index in [-0.39, 0.29) is 36.7 Å². The van der Waals surface area contributed by atoms with Crippen molar-refractivity contribution in [2.75, 3.05) is 6.61 Å². The molecule has 0 aliphatic carbocycles. The molecule has 0 amide bonds. The first kappa shape index (κ1) is 14.8. The van der Waals surface area contributed by atoms with Crippen LogP contribution in [0.15, 0.2) is 18.2 Å². The zero-order valence-corrected chi connectivity index (χ0v) is 9.11. The average molecular weight is 251 g/mol. The van der Waals surface area contributed by atoms with Gasteiger partial charge in [-0.15, -0.1) is 12.4 Å². The Balaban J connectivity index is 0.00000225. The molecule has 1 rings (SSSR count). The van der Waals surface area contributed by atoms with E-state index in [2.05, 4.69) is 0 Å². The fraction of sp³-hybridized carbons (Fsp3) is 0.333. The largest absolute Gasteiger partial charge is 0.396 e. The van der Waals surface area contributed by atoms with E-state index in [1.165, 1.54) is 0 Å². The summed E-state index contributed by atoms with van der Waals surface area (Å²) < 4.78 is 12.9. The quantitative estimate of drug-likeness (QED) is 0.627. The topological polar surface area (TPSA) is 89.4 Å². The third-order valence-corrected chi connectivity index (χ3v) is 2.03. The van der Waals surface area contributed by atoms with Crippen molar-refractivity contribution in [2.24, 2.45) is 5.73 Å². The number of aliphatic hydroxyl groups is 1. The van der Waals surface area contributed by atoms with Crippen molar-refractivity contribution in [2.45, 2.75) is 12.5 Å². The van der Waals surface area contributed by atoms with Gasteiger partial charge in [0.25, 0.3) is 5.69 Å². The minimum atomic E-state index is -0.730. The van der Waals surface area contributed by atoms with Gasteiger partial charge in [-0.1, -0.05) is 0 Å². The third-order valence-electron chi connectivity index (χ3n) is 2.03. The second-order valence-corrected chi connectivity index (χ2v) is 3.08. The van der Waals surface area contributed by atoms with E-state index in [9.17, 15) is 14.5 Å². The number of halogens is 2. The molecule has 90 valence electrons. The molecule has 1 unspecified atom stereocenters. The first-order valence-corrected chi connectivity index (χ1v) is 4.36. The minimum absolute atomic E-state index is 0. The normalized spacial score (nSPS) is 11.7. The van der Waals surface area contributed by atoms with E-state index in [0.717, 1.165) is 18.2 Å². The molecule has 0 radical (unpaired) electrons. The SMILES string of the molecule is Cl.NC(CCO)c1cc(F)ccc1[N+](=O)[O-]. The van der Waals surface area contributed by atoms with Crippen LogP contribution in [0.1, 0.15) is 18.0 Å². The number of hydrogen-bond donors (Lipinski definition) is 2. The van der Waals surface area contributed by atoms with Crippen molar-refractivity contribution in [1.82, 2.24) is 0 Å². The van der Waals surface area contributed by atoms with Crippen LogP contribution < -0.4 is 5.73 Å². The lowest BCUT2D eigenvalue weighted by molar-refractivity contribution is -0.385. The predicted molar refractivity (Wildman–Crippen MR) is 58.9 cm³/mol. The van der Waals surface area contributed by atoms with Crippen LogP contribution in [0.4, 0.5) is 10.1 Å². The Labute approximate surface area is 97.6 Å². The molecule has 1 aromatic carbocycles. The summed E-state index contributed by atoms with van der Waals surface area (Å²) in [4.78, 5) is 9.99. The Bertz CT molecular complexity index is 376. The average Bonchev–Trinajstić information content (AvgIpc) is 2.17. The fourth-order valence-electron chi connectivity index (χ4n) is 1.28. The minimum Gasteiger partial charge on any atom is -0.396 e. The van der Waals surface area contributed by atoms with E-state index >= 15 is 0 Å². The van der Waals surface area contributed by atoms with Gasteiger partial charge >= 0.3 is 0 Å². The molecule has 7 heteroatoms. The highest BCUT2D eigenvalue weighted by Crippen LogP contribution is 2.26. The molecule has 0 aromatic heterocycles. The maximum absolute atomic E-state index is 12.9. The molecule has 0 bridgehead atoms. The van der Waals surface area contributed by atoms with Gasteiger partial charge in [-0.2, -0.15) is 0 Å². The zero-order chi connectivity index (χ0) is 11.4. The maximum Gasteiger partial charge on any atom is 0.274 e. The van der Waals surface area contributed by atoms with Gasteiger partial charge in [0.1, 0.15) is 5.82 Å². The number of nitrogens with zero attached hydrogens (tertiary/aromatic N) is 1. The lowest BCUT2D eigenvalue weighted by atomic mass is 10.0. The van der Waals surface area contributed by atoms with Gasteiger partial charge in [-0.05, 0) is 18.6 Å². The molecule has 0 heterocycles. The van der Waals surface area contributed by atoms with Gasteiger partial charge < -0.3 is 10.8 Å². The number of hydrogen-bond acceptors (Lipinski definition) is 4. The number of benzene rings is 1. The Morgan fingerprint density at radius 1 is 1.56 bits per heavy atom. The first-order valence-electron chi connectivity index (χ1n) is 4.36. The smallest absolute Gasteiger partial charge is 0.274 e. The van der Waals surface area contributed by atoms with Crippen LogP contribution in [0.3, 0.4) is 0 Å². The van der Waals surface area contributed by atoms with Gasteiger partial charge in [0, 0.05) is 24.3 Å². The second kappa shape index (κ2) is 6.37. The van der Waals surface area contributed by atoms with E-state index in [0.29, 0.717) is 0 Å².